The van der Waals surface area contributed by atoms with E-state index in [1.807, 2.05) is 0 Å². The Kier molecular flexibility index (Phi) is 4.83. The van der Waals surface area contributed by atoms with Crippen molar-refractivity contribution in [3.8, 4) is 0 Å². The smallest absolute Gasteiger partial charge is 0.325 e. The van der Waals surface area contributed by atoms with E-state index in [1.54, 1.807) is 0 Å². The predicted octanol–water partition coefficient (Wildman–Crippen LogP) is 3.61. The lowest BCUT2D eigenvalue weighted by Crippen LogP contribution is -2.76. The Hall–Kier alpha value is -1.36. The van der Waals surface area contributed by atoms with Crippen LogP contribution in [-0.2, 0) is 0 Å². The number of piperidine rings is 1. The maximum atomic E-state index is 12.6. The van der Waals surface area contributed by atoms with Crippen molar-refractivity contribution in [3.05, 3.63) is 0 Å². The quantitative estimate of drug-likeness (QED) is 0.723. The molecule has 3 nitrogen and oxygen atoms in total. The van der Waals surface area contributed by atoms with E-state index >= 15 is 0 Å². The van der Waals surface area contributed by atoms with E-state index < -0.39 is 30.1 Å². The highest BCUT2D eigenvalue weighted by Crippen LogP contribution is 2.52. The Bertz CT molecular complexity index is 370. The number of carbonyl (C=O) groups excluding carboxylic acids is 1. The van der Waals surface area contributed by atoms with Crippen molar-refractivity contribution in [2.24, 2.45) is 0 Å². The molecular weight excluding hydrogens is 335 g/mol. The van der Waals surface area contributed by atoms with Crippen molar-refractivity contribution in [1.82, 2.24) is 10.2 Å². The van der Waals surface area contributed by atoms with Crippen molar-refractivity contribution >= 4 is 6.03 Å². The third kappa shape index (κ3) is 3.19. The molecule has 0 aliphatic carbocycles. The summed E-state index contributed by atoms with van der Waals surface area (Å²) in [6, 6.07) is -2.05. The Morgan fingerprint density at radius 1 is 0.727 bits per heavy atom. The van der Waals surface area contributed by atoms with Gasteiger partial charge in [-0.25, -0.2) is 4.79 Å². The minimum Gasteiger partial charge on any atom is -0.325 e. The zero-order valence-electron chi connectivity index (χ0n) is 10.8. The summed E-state index contributed by atoms with van der Waals surface area (Å²) in [6.45, 7) is -0.426. The number of urea groups is 1. The number of alkyl halides is 9. The van der Waals surface area contributed by atoms with E-state index in [0.717, 1.165) is 0 Å². The summed E-state index contributed by atoms with van der Waals surface area (Å²) in [5.74, 6) is 0. The van der Waals surface area contributed by atoms with Crippen molar-refractivity contribution in [2.75, 3.05) is 13.1 Å². The van der Waals surface area contributed by atoms with Crippen LogP contribution in [0.3, 0.4) is 0 Å². The minimum absolute atomic E-state index is 0.132. The Balaban J connectivity index is 3.23. The summed E-state index contributed by atoms with van der Waals surface area (Å²) in [6.07, 6.45) is -19.2. The third-order valence-corrected chi connectivity index (χ3v) is 3.21. The second kappa shape index (κ2) is 5.69. The van der Waals surface area contributed by atoms with Gasteiger partial charge in [0.25, 0.3) is 0 Å². The number of halogens is 9. The molecule has 1 aliphatic rings. The second-order valence-corrected chi connectivity index (χ2v) is 4.72. The topological polar surface area (TPSA) is 32.3 Å². The van der Waals surface area contributed by atoms with Gasteiger partial charge in [0.2, 0.25) is 0 Å². The number of hydrogen-bond donors (Lipinski definition) is 1. The third-order valence-electron chi connectivity index (χ3n) is 3.21. The number of hydrogen-bond acceptors (Lipinski definition) is 1. The molecule has 1 fully saturated rings. The average Bonchev–Trinajstić information content (AvgIpc) is 2.32. The van der Waals surface area contributed by atoms with Gasteiger partial charge in [0, 0.05) is 13.1 Å². The molecule has 0 aromatic carbocycles. The molecule has 22 heavy (non-hydrogen) atoms. The van der Waals surface area contributed by atoms with Gasteiger partial charge in [-0.05, 0) is 19.3 Å². The van der Waals surface area contributed by atoms with Crippen molar-refractivity contribution < 1.29 is 44.3 Å². The highest BCUT2D eigenvalue weighted by atomic mass is 19.4. The van der Waals surface area contributed by atoms with Crippen LogP contribution in [0.15, 0.2) is 0 Å². The molecule has 1 heterocycles. The minimum atomic E-state index is -6.80. The molecule has 12 heteroatoms. The van der Waals surface area contributed by atoms with Crippen LogP contribution in [-0.4, -0.2) is 48.1 Å². The summed E-state index contributed by atoms with van der Waals surface area (Å²) in [4.78, 5) is 12.0. The number of likely N-dealkylation sites (tertiary alicyclic amines) is 1. The van der Waals surface area contributed by atoms with Crippen molar-refractivity contribution in [3.63, 3.8) is 0 Å². The molecule has 2 amide bonds. The Labute approximate surface area is 118 Å². The van der Waals surface area contributed by atoms with Gasteiger partial charge in [0.1, 0.15) is 0 Å². The lowest BCUT2D eigenvalue weighted by atomic mass is 9.97. The maximum absolute atomic E-state index is 12.6. The van der Waals surface area contributed by atoms with E-state index in [1.165, 1.54) is 0 Å². The molecule has 0 spiro atoms. The van der Waals surface area contributed by atoms with Gasteiger partial charge in [0.05, 0.1) is 0 Å². The molecule has 0 atom stereocenters. The lowest BCUT2D eigenvalue weighted by Gasteiger charge is -2.40. The molecule has 0 aromatic rings. The van der Waals surface area contributed by atoms with Gasteiger partial charge in [-0.3, -0.25) is 0 Å². The van der Waals surface area contributed by atoms with Crippen LogP contribution in [0.25, 0.3) is 0 Å². The van der Waals surface area contributed by atoms with Gasteiger partial charge in [-0.15, -0.1) is 0 Å². The van der Waals surface area contributed by atoms with Crippen LogP contribution in [0.2, 0.25) is 0 Å². The van der Waals surface area contributed by atoms with Gasteiger partial charge in [-0.2, -0.15) is 39.5 Å². The molecule has 130 valence electrons. The van der Waals surface area contributed by atoms with E-state index in [2.05, 4.69) is 0 Å². The first-order chi connectivity index (χ1) is 9.74. The summed E-state index contributed by atoms with van der Waals surface area (Å²) in [5.41, 5.74) is -6.30. The average molecular weight is 346 g/mol. The molecule has 0 radical (unpaired) electrons. The standard InChI is InChI=1S/C10H11F9N2O/c11-8(12,13)7(9(14,15)16,10(17,18)19)20-6(22)21-4-2-1-3-5-21/h1-5H2,(H,20,22). The molecule has 0 unspecified atom stereocenters. The van der Waals surface area contributed by atoms with Crippen molar-refractivity contribution in [2.45, 2.75) is 43.3 Å². The molecule has 1 aliphatic heterocycles. The second-order valence-electron chi connectivity index (χ2n) is 4.72. The summed E-state index contributed by atoms with van der Waals surface area (Å²) in [7, 11) is 0. The molecular formula is C10H11F9N2O. The number of rotatable bonds is 1. The molecule has 1 N–H and O–H groups in total. The zero-order chi connectivity index (χ0) is 17.4. The van der Waals surface area contributed by atoms with Crippen LogP contribution < -0.4 is 5.32 Å². The van der Waals surface area contributed by atoms with Crippen LogP contribution in [0.5, 0.6) is 0 Å². The predicted molar refractivity (Wildman–Crippen MR) is 54.9 cm³/mol. The van der Waals surface area contributed by atoms with E-state index in [0.29, 0.717) is 11.3 Å². The first-order valence-corrected chi connectivity index (χ1v) is 6.01. The zero-order valence-corrected chi connectivity index (χ0v) is 10.8. The van der Waals surface area contributed by atoms with Crippen LogP contribution >= 0.6 is 0 Å². The van der Waals surface area contributed by atoms with Crippen LogP contribution in [0, 0.1) is 0 Å². The van der Waals surface area contributed by atoms with E-state index in [4.69, 9.17) is 0 Å². The fourth-order valence-electron chi connectivity index (χ4n) is 2.03. The molecule has 0 bridgehead atoms. The first kappa shape index (κ1) is 18.7. The first-order valence-electron chi connectivity index (χ1n) is 6.01. The summed E-state index contributed by atoms with van der Waals surface area (Å²) >= 11 is 0. The maximum Gasteiger partial charge on any atom is 0.429 e. The fourth-order valence-corrected chi connectivity index (χ4v) is 2.03. The van der Waals surface area contributed by atoms with Gasteiger partial charge in [0.15, 0.2) is 0 Å². The normalized spacial score (nSPS) is 18.3. The summed E-state index contributed by atoms with van der Waals surface area (Å²) < 4.78 is 114. The van der Waals surface area contributed by atoms with Gasteiger partial charge in [-0.1, -0.05) is 0 Å². The monoisotopic (exact) mass is 346 g/mol. The van der Waals surface area contributed by atoms with Crippen molar-refractivity contribution in [1.29, 1.82) is 0 Å². The number of nitrogens with zero attached hydrogens (tertiary/aromatic N) is 1. The largest absolute Gasteiger partial charge is 0.429 e. The Morgan fingerprint density at radius 3 is 1.41 bits per heavy atom. The summed E-state index contributed by atoms with van der Waals surface area (Å²) in [5, 5.41) is 0.132. The Morgan fingerprint density at radius 2 is 1.09 bits per heavy atom. The number of carbonyl (C=O) groups is 1. The van der Waals surface area contributed by atoms with Crippen LogP contribution in [0.1, 0.15) is 19.3 Å². The molecule has 0 aromatic heterocycles. The van der Waals surface area contributed by atoms with Gasteiger partial charge < -0.3 is 10.2 Å². The molecule has 0 saturated carbocycles. The van der Waals surface area contributed by atoms with E-state index in [9.17, 15) is 44.3 Å². The lowest BCUT2D eigenvalue weighted by molar-refractivity contribution is -0.386. The SMILES string of the molecule is O=C(NC(C(F)(F)F)(C(F)(F)F)C(F)(F)F)N1CCCCC1. The highest BCUT2D eigenvalue weighted by molar-refractivity contribution is 5.75. The van der Waals surface area contributed by atoms with Crippen LogP contribution in [0.4, 0.5) is 44.3 Å². The number of amides is 2. The highest BCUT2D eigenvalue weighted by Gasteiger charge is 2.85. The number of nitrogens with one attached hydrogen (secondary N) is 1. The molecule has 1 saturated heterocycles. The van der Waals surface area contributed by atoms with E-state index in [-0.39, 0.29) is 31.2 Å². The molecule has 1 rings (SSSR count). The fraction of sp³-hybridized carbons (Fsp3) is 0.900. The van der Waals surface area contributed by atoms with Gasteiger partial charge >= 0.3 is 30.1 Å².